The van der Waals surface area contributed by atoms with Crippen LogP contribution in [0.5, 0.6) is 0 Å². The van der Waals surface area contributed by atoms with E-state index in [0.29, 0.717) is 17.6 Å². The molecule has 2 N–H and O–H groups in total. The summed E-state index contributed by atoms with van der Waals surface area (Å²) >= 11 is 6.48. The molecule has 90 valence electrons. The molecule has 1 aromatic carbocycles. The molecule has 1 rings (SSSR count). The predicted octanol–water partition coefficient (Wildman–Crippen LogP) is 1.79. The summed E-state index contributed by atoms with van der Waals surface area (Å²) in [6.45, 7) is 0.586. The lowest BCUT2D eigenvalue weighted by Gasteiger charge is -2.17. The molecule has 1 aromatic rings. The summed E-state index contributed by atoms with van der Waals surface area (Å²) in [4.78, 5) is 0.234. The van der Waals surface area contributed by atoms with E-state index in [0.717, 1.165) is 4.47 Å². The second kappa shape index (κ2) is 5.59. The lowest BCUT2D eigenvalue weighted by atomic mass is 10.4. The lowest BCUT2D eigenvalue weighted by Crippen LogP contribution is -2.32. The summed E-state index contributed by atoms with van der Waals surface area (Å²) in [5, 5.41) is 0. The quantitative estimate of drug-likeness (QED) is 0.877. The molecule has 4 nitrogen and oxygen atoms in total. The Labute approximate surface area is 112 Å². The van der Waals surface area contributed by atoms with Crippen LogP contribution in [-0.2, 0) is 10.0 Å². The van der Waals surface area contributed by atoms with Crippen molar-refractivity contribution in [1.82, 2.24) is 4.31 Å². The molecule has 0 atom stereocenters. The number of benzene rings is 1. The molecule has 0 amide bonds. The summed E-state index contributed by atoms with van der Waals surface area (Å²) in [5.74, 6) is 0. The van der Waals surface area contributed by atoms with E-state index in [1.807, 2.05) is 0 Å². The Morgan fingerprint density at radius 3 is 2.56 bits per heavy atom. The predicted molar refractivity (Wildman–Crippen MR) is 70.7 cm³/mol. The molecule has 0 saturated carbocycles. The number of likely N-dealkylation sites (N-methyl/N-ethyl adjacent to an activating group) is 1. The maximum atomic E-state index is 12.1. The SMILES string of the molecule is CN(CCN)S(=O)(=O)c1cc(Br)ccc1Br. The van der Waals surface area contributed by atoms with Crippen LogP contribution >= 0.6 is 31.9 Å². The molecular weight excluding hydrogens is 360 g/mol. The van der Waals surface area contributed by atoms with Gasteiger partial charge in [0.15, 0.2) is 0 Å². The van der Waals surface area contributed by atoms with Crippen LogP contribution in [0.25, 0.3) is 0 Å². The number of nitrogens with two attached hydrogens (primary N) is 1. The largest absolute Gasteiger partial charge is 0.329 e. The van der Waals surface area contributed by atoms with Crippen LogP contribution in [-0.4, -0.2) is 32.9 Å². The molecule has 0 aliphatic carbocycles. The Bertz CT molecular complexity index is 476. The topological polar surface area (TPSA) is 63.4 Å². The second-order valence-electron chi connectivity index (χ2n) is 3.19. The molecule has 0 saturated heterocycles. The molecule has 0 unspecified atom stereocenters. The minimum atomic E-state index is -3.48. The van der Waals surface area contributed by atoms with Crippen LogP contribution < -0.4 is 5.73 Å². The smallest absolute Gasteiger partial charge is 0.244 e. The van der Waals surface area contributed by atoms with E-state index in [-0.39, 0.29) is 4.90 Å². The van der Waals surface area contributed by atoms with Gasteiger partial charge in [-0.3, -0.25) is 0 Å². The Morgan fingerprint density at radius 1 is 1.38 bits per heavy atom. The first-order valence-corrected chi connectivity index (χ1v) is 7.53. The van der Waals surface area contributed by atoms with Crippen molar-refractivity contribution < 1.29 is 8.42 Å². The third-order valence-electron chi connectivity index (χ3n) is 2.03. The fourth-order valence-electron chi connectivity index (χ4n) is 1.14. The van der Waals surface area contributed by atoms with Crippen molar-refractivity contribution in [3.8, 4) is 0 Å². The number of nitrogens with zero attached hydrogens (tertiary/aromatic N) is 1. The average molecular weight is 372 g/mol. The Balaban J connectivity index is 3.21. The maximum absolute atomic E-state index is 12.1. The number of hydrogen-bond donors (Lipinski definition) is 1. The maximum Gasteiger partial charge on any atom is 0.244 e. The van der Waals surface area contributed by atoms with Crippen LogP contribution in [0, 0.1) is 0 Å². The fraction of sp³-hybridized carbons (Fsp3) is 0.333. The lowest BCUT2D eigenvalue weighted by molar-refractivity contribution is 0.476. The first-order valence-electron chi connectivity index (χ1n) is 4.51. The van der Waals surface area contributed by atoms with Crippen molar-refractivity contribution in [3.63, 3.8) is 0 Å². The highest BCUT2D eigenvalue weighted by Crippen LogP contribution is 2.27. The van der Waals surface area contributed by atoms with Crippen LogP contribution in [0.2, 0.25) is 0 Å². The summed E-state index contributed by atoms with van der Waals surface area (Å²) in [5.41, 5.74) is 5.35. The van der Waals surface area contributed by atoms with Crippen molar-refractivity contribution in [3.05, 3.63) is 27.1 Å². The van der Waals surface area contributed by atoms with Gasteiger partial charge in [0, 0.05) is 29.1 Å². The van der Waals surface area contributed by atoms with E-state index in [2.05, 4.69) is 31.9 Å². The first-order chi connectivity index (χ1) is 7.39. The van der Waals surface area contributed by atoms with Crippen molar-refractivity contribution in [2.45, 2.75) is 4.90 Å². The Kier molecular flexibility index (Phi) is 4.93. The van der Waals surface area contributed by atoms with Gasteiger partial charge in [0.25, 0.3) is 0 Å². The van der Waals surface area contributed by atoms with Gasteiger partial charge in [-0.1, -0.05) is 15.9 Å². The van der Waals surface area contributed by atoms with Gasteiger partial charge < -0.3 is 5.73 Å². The van der Waals surface area contributed by atoms with Crippen LogP contribution in [0.4, 0.5) is 0 Å². The van der Waals surface area contributed by atoms with Gasteiger partial charge in [-0.25, -0.2) is 8.42 Å². The molecular formula is C9H12Br2N2O2S. The molecule has 0 aromatic heterocycles. The van der Waals surface area contributed by atoms with E-state index >= 15 is 0 Å². The zero-order chi connectivity index (χ0) is 12.3. The number of sulfonamides is 1. The highest BCUT2D eigenvalue weighted by Gasteiger charge is 2.22. The van der Waals surface area contributed by atoms with Crippen LogP contribution in [0.15, 0.2) is 32.0 Å². The Morgan fingerprint density at radius 2 is 2.00 bits per heavy atom. The van der Waals surface area contributed by atoms with Gasteiger partial charge in [-0.05, 0) is 34.1 Å². The zero-order valence-electron chi connectivity index (χ0n) is 8.65. The summed E-state index contributed by atoms with van der Waals surface area (Å²) in [7, 11) is -1.97. The molecule has 0 bridgehead atoms. The zero-order valence-corrected chi connectivity index (χ0v) is 12.6. The highest BCUT2D eigenvalue weighted by atomic mass is 79.9. The van der Waals surface area contributed by atoms with Gasteiger partial charge in [0.1, 0.15) is 0 Å². The number of hydrogen-bond acceptors (Lipinski definition) is 3. The minimum absolute atomic E-state index is 0.234. The van der Waals surface area contributed by atoms with Gasteiger partial charge in [0.05, 0.1) is 4.90 Å². The van der Waals surface area contributed by atoms with Gasteiger partial charge in [-0.15, -0.1) is 0 Å². The normalized spacial score (nSPS) is 12.1. The molecule has 7 heteroatoms. The third-order valence-corrected chi connectivity index (χ3v) is 5.37. The van der Waals surface area contributed by atoms with E-state index in [4.69, 9.17) is 5.73 Å². The van der Waals surface area contributed by atoms with Crippen LogP contribution in [0.1, 0.15) is 0 Å². The van der Waals surface area contributed by atoms with E-state index in [9.17, 15) is 8.42 Å². The summed E-state index contributed by atoms with van der Waals surface area (Å²) in [6.07, 6.45) is 0. The summed E-state index contributed by atoms with van der Waals surface area (Å²) < 4.78 is 26.7. The molecule has 0 aliphatic rings. The van der Waals surface area contributed by atoms with Crippen molar-refractivity contribution in [2.75, 3.05) is 20.1 Å². The monoisotopic (exact) mass is 370 g/mol. The van der Waals surface area contributed by atoms with Crippen molar-refractivity contribution >= 4 is 41.9 Å². The standard InChI is InChI=1S/C9H12Br2N2O2S/c1-13(5-4-12)16(14,15)9-6-7(10)2-3-8(9)11/h2-3,6H,4-5,12H2,1H3. The second-order valence-corrected chi connectivity index (χ2v) is 6.97. The number of rotatable bonds is 4. The molecule has 0 heterocycles. The van der Waals surface area contributed by atoms with Crippen LogP contribution in [0.3, 0.4) is 0 Å². The van der Waals surface area contributed by atoms with E-state index < -0.39 is 10.0 Å². The van der Waals surface area contributed by atoms with Crippen molar-refractivity contribution in [2.24, 2.45) is 5.73 Å². The molecule has 16 heavy (non-hydrogen) atoms. The van der Waals surface area contributed by atoms with Gasteiger partial charge in [0.2, 0.25) is 10.0 Å². The highest BCUT2D eigenvalue weighted by molar-refractivity contribution is 9.11. The minimum Gasteiger partial charge on any atom is -0.329 e. The fourth-order valence-corrected chi connectivity index (χ4v) is 3.79. The van der Waals surface area contributed by atoms with Gasteiger partial charge in [-0.2, -0.15) is 4.31 Å². The third kappa shape index (κ3) is 3.04. The van der Waals surface area contributed by atoms with E-state index in [1.54, 1.807) is 18.2 Å². The van der Waals surface area contributed by atoms with Gasteiger partial charge >= 0.3 is 0 Å². The number of halogens is 2. The molecule has 0 radical (unpaired) electrons. The van der Waals surface area contributed by atoms with Crippen molar-refractivity contribution in [1.29, 1.82) is 0 Å². The molecule has 0 spiro atoms. The molecule has 0 aliphatic heterocycles. The Hall–Kier alpha value is 0.0500. The molecule has 0 fully saturated rings. The average Bonchev–Trinajstić information content (AvgIpc) is 2.22. The summed E-state index contributed by atoms with van der Waals surface area (Å²) in [6, 6.07) is 5.02. The van der Waals surface area contributed by atoms with E-state index in [1.165, 1.54) is 11.4 Å². The first kappa shape index (κ1) is 14.1.